The average molecular weight is 989 g/mol. The number of piperazine rings is 1. The molecule has 8 rings (SSSR count). The molecule has 17 heteroatoms. The van der Waals surface area contributed by atoms with Gasteiger partial charge in [0.25, 0.3) is 0 Å². The van der Waals surface area contributed by atoms with Crippen LogP contribution in [-0.2, 0) is 25.7 Å². The van der Waals surface area contributed by atoms with Crippen molar-refractivity contribution in [2.45, 2.75) is 58.8 Å². The van der Waals surface area contributed by atoms with Gasteiger partial charge in [0.2, 0.25) is 17.7 Å². The third kappa shape index (κ3) is 12.2. The minimum atomic E-state index is -0.950. The molecule has 2 fully saturated rings. The summed E-state index contributed by atoms with van der Waals surface area (Å²) in [6.07, 6.45) is -0.765. The summed E-state index contributed by atoms with van der Waals surface area (Å²) >= 11 is 2.99. The molecular formula is C53H60N6O9S2. The van der Waals surface area contributed by atoms with Crippen molar-refractivity contribution in [3.05, 3.63) is 119 Å². The molecule has 5 N–H and O–H groups in total. The molecule has 70 heavy (non-hydrogen) atoms. The van der Waals surface area contributed by atoms with Crippen molar-refractivity contribution >= 4 is 56.3 Å². The summed E-state index contributed by atoms with van der Waals surface area (Å²) in [4.78, 5) is 66.8. The highest BCUT2D eigenvalue weighted by molar-refractivity contribution is 7.22. The number of ketones is 1. The number of amides is 3. The molecule has 2 aliphatic rings. The molecule has 0 aliphatic carbocycles. The number of nitrogens with zero attached hydrogens (tertiary/aromatic N) is 4. The van der Waals surface area contributed by atoms with Crippen molar-refractivity contribution in [1.82, 2.24) is 30.3 Å². The molecule has 3 atom stereocenters. The number of thiophene rings is 1. The smallest absolute Gasteiger partial charge is 0.246 e. The Hall–Kier alpha value is -6.21. The molecule has 4 aromatic carbocycles. The first-order valence-electron chi connectivity index (χ1n) is 23.5. The lowest BCUT2D eigenvalue weighted by molar-refractivity contribution is -0.144. The number of hydrogen-bond donors (Lipinski definition) is 5. The molecule has 2 aliphatic heterocycles. The topological polar surface area (TPSA) is 194 Å². The summed E-state index contributed by atoms with van der Waals surface area (Å²) in [5.41, 5.74) is 5.89. The highest BCUT2D eigenvalue weighted by Crippen LogP contribution is 2.41. The first-order valence-corrected chi connectivity index (χ1v) is 25.2. The number of phenolic OH excluding ortho intramolecular Hbond substituents is 2. The average Bonchev–Trinajstić information content (AvgIpc) is 4.07. The summed E-state index contributed by atoms with van der Waals surface area (Å²) in [6, 6.07) is 24.9. The number of carbonyl (C=O) groups is 4. The van der Waals surface area contributed by atoms with Gasteiger partial charge in [-0.1, -0.05) is 45.0 Å². The van der Waals surface area contributed by atoms with Gasteiger partial charge in [-0.3, -0.25) is 29.0 Å². The molecule has 0 spiro atoms. The van der Waals surface area contributed by atoms with Gasteiger partial charge in [0, 0.05) is 84.9 Å². The van der Waals surface area contributed by atoms with Crippen molar-refractivity contribution in [3.63, 3.8) is 0 Å². The van der Waals surface area contributed by atoms with Crippen LogP contribution in [0.3, 0.4) is 0 Å². The number of aromatic hydroxyl groups is 2. The van der Waals surface area contributed by atoms with Gasteiger partial charge >= 0.3 is 0 Å². The molecule has 2 aromatic heterocycles. The zero-order valence-corrected chi connectivity index (χ0v) is 41.5. The van der Waals surface area contributed by atoms with E-state index in [4.69, 9.17) is 9.47 Å². The Morgan fingerprint density at radius 1 is 0.829 bits per heavy atom. The van der Waals surface area contributed by atoms with Crippen molar-refractivity contribution in [3.8, 4) is 38.1 Å². The van der Waals surface area contributed by atoms with E-state index in [9.17, 15) is 34.5 Å². The molecule has 0 radical (unpaired) electrons. The highest BCUT2D eigenvalue weighted by atomic mass is 32.1. The number of aliphatic hydroxyl groups excluding tert-OH is 1. The first kappa shape index (κ1) is 50.2. The van der Waals surface area contributed by atoms with E-state index in [-0.39, 0.29) is 49.3 Å². The van der Waals surface area contributed by atoms with E-state index in [1.165, 1.54) is 16.2 Å². The minimum Gasteiger partial charge on any atom is -0.508 e. The Morgan fingerprint density at radius 2 is 1.47 bits per heavy atom. The Bertz CT molecular complexity index is 2780. The van der Waals surface area contributed by atoms with Crippen LogP contribution in [0, 0.1) is 12.3 Å². The van der Waals surface area contributed by atoms with Gasteiger partial charge < -0.3 is 40.3 Å². The molecule has 0 bridgehead atoms. The van der Waals surface area contributed by atoms with Gasteiger partial charge in [0.05, 0.1) is 28.8 Å². The quantitative estimate of drug-likeness (QED) is 0.0467. The predicted octanol–water partition coefficient (Wildman–Crippen LogP) is 6.46. The number of benzene rings is 4. The molecule has 368 valence electrons. The van der Waals surface area contributed by atoms with Gasteiger partial charge in [0.1, 0.15) is 42.5 Å². The zero-order chi connectivity index (χ0) is 49.5. The summed E-state index contributed by atoms with van der Waals surface area (Å²) in [5.74, 6) is -0.451. The van der Waals surface area contributed by atoms with E-state index in [1.807, 2.05) is 57.5 Å². The molecular weight excluding hydrogens is 929 g/mol. The third-order valence-electron chi connectivity index (χ3n) is 12.8. The number of fused-ring (bicyclic) bond motifs is 1. The van der Waals surface area contributed by atoms with Crippen LogP contribution in [0.2, 0.25) is 0 Å². The summed E-state index contributed by atoms with van der Waals surface area (Å²) in [5, 5.41) is 37.1. The van der Waals surface area contributed by atoms with Gasteiger partial charge in [-0.15, -0.1) is 22.7 Å². The number of phenols is 2. The number of likely N-dealkylation sites (tertiary alicyclic amines) is 1. The number of ether oxygens (including phenoxy) is 2. The first-order chi connectivity index (χ1) is 33.6. The van der Waals surface area contributed by atoms with Crippen molar-refractivity contribution in [2.24, 2.45) is 5.41 Å². The SMILES string of the molecule is Cc1ncsc1-c1ccc(CNC(=O)C2CC(O)CN2C(=O)C(NC(=O)COCCN2CCN(CCOc3ccc(C(=O)c4c(-c5ccc(O)cc5)sc5cc(O)ccc45)cc3)CC2)C(C)(C)C)cc1. The number of aliphatic hydroxyl groups is 1. The largest absolute Gasteiger partial charge is 0.508 e. The number of rotatable bonds is 18. The zero-order valence-electron chi connectivity index (χ0n) is 39.9. The van der Waals surface area contributed by atoms with Crippen LogP contribution in [0.15, 0.2) is 96.5 Å². The van der Waals surface area contributed by atoms with Crippen LogP contribution in [0.5, 0.6) is 17.2 Å². The number of aromatic nitrogens is 1. The van der Waals surface area contributed by atoms with E-state index in [2.05, 4.69) is 25.4 Å². The molecule has 15 nitrogen and oxygen atoms in total. The molecule has 2 saturated heterocycles. The molecule has 3 amide bonds. The number of hydrogen-bond acceptors (Lipinski definition) is 14. The van der Waals surface area contributed by atoms with Crippen LogP contribution < -0.4 is 15.4 Å². The van der Waals surface area contributed by atoms with Gasteiger partial charge in [-0.25, -0.2) is 4.98 Å². The Labute approximate surface area is 415 Å². The van der Waals surface area contributed by atoms with Crippen molar-refractivity contribution < 1.29 is 44.0 Å². The number of carbonyl (C=O) groups excluding carboxylic acids is 4. The van der Waals surface area contributed by atoms with Crippen LogP contribution in [0.1, 0.15) is 54.4 Å². The number of aryl methyl sites for hydroxylation is 1. The van der Waals surface area contributed by atoms with Crippen LogP contribution in [-0.4, -0.2) is 142 Å². The van der Waals surface area contributed by atoms with Gasteiger partial charge in [-0.2, -0.15) is 0 Å². The molecule has 6 aromatic rings. The second kappa shape index (κ2) is 22.3. The van der Waals surface area contributed by atoms with E-state index in [0.717, 1.165) is 74.9 Å². The molecule has 4 heterocycles. The van der Waals surface area contributed by atoms with E-state index < -0.39 is 35.4 Å². The maximum atomic E-state index is 14.0. The molecule has 3 unspecified atom stereocenters. The second-order valence-corrected chi connectivity index (χ2v) is 20.8. The fraction of sp³-hybridized carbons (Fsp3) is 0.377. The van der Waals surface area contributed by atoms with E-state index >= 15 is 0 Å². The third-order valence-corrected chi connectivity index (χ3v) is 15.0. The second-order valence-electron chi connectivity index (χ2n) is 18.9. The van der Waals surface area contributed by atoms with E-state index in [0.29, 0.717) is 36.6 Å². The van der Waals surface area contributed by atoms with Crippen LogP contribution in [0.4, 0.5) is 0 Å². The highest BCUT2D eigenvalue weighted by Gasteiger charge is 2.44. The van der Waals surface area contributed by atoms with Gasteiger partial charge in [0.15, 0.2) is 5.78 Å². The van der Waals surface area contributed by atoms with E-state index in [1.54, 1.807) is 78.1 Å². The van der Waals surface area contributed by atoms with Crippen LogP contribution >= 0.6 is 22.7 Å². The summed E-state index contributed by atoms with van der Waals surface area (Å²) in [7, 11) is 0. The number of nitrogens with one attached hydrogen (secondary N) is 2. The maximum absolute atomic E-state index is 14.0. The standard InChI is InChI=1S/C53H60N6O9S2/c1-33-48(69-32-55-33)36-7-5-34(6-8-36)29-54-51(65)43-27-40(62)30-59(43)52(66)50(53(2,3)4)56-45(63)31-67-25-23-57-19-21-58(22-20-57)24-26-68-41-16-11-35(12-17-41)47(64)46-42-18-15-39(61)28-44(42)70-49(46)37-9-13-38(60)14-10-37/h5-18,28,32,40,43,50,60-62H,19-27,29-31H2,1-4H3,(H,54,65)(H,56,63). The number of thiazole rings is 1. The minimum absolute atomic E-state index is 0.00869. The fourth-order valence-electron chi connectivity index (χ4n) is 8.84. The monoisotopic (exact) mass is 988 g/mol. The van der Waals surface area contributed by atoms with Gasteiger partial charge in [-0.05, 0) is 95.8 Å². The summed E-state index contributed by atoms with van der Waals surface area (Å²) in [6.45, 7) is 13.1. The molecule has 0 saturated carbocycles. The lowest BCUT2D eigenvalue weighted by Gasteiger charge is -2.35. The Kier molecular flexibility index (Phi) is 16.0. The van der Waals surface area contributed by atoms with Crippen LogP contribution in [0.25, 0.3) is 31.0 Å². The lowest BCUT2D eigenvalue weighted by Crippen LogP contribution is -2.58. The number of β-amino-alcohol motifs (C(OH)–C–C–N with tert-alkyl or cyclic N) is 1. The summed E-state index contributed by atoms with van der Waals surface area (Å²) < 4.78 is 12.6. The lowest BCUT2D eigenvalue weighted by atomic mass is 9.85. The maximum Gasteiger partial charge on any atom is 0.246 e. The Morgan fingerprint density at radius 3 is 2.13 bits per heavy atom. The fourth-order valence-corrected chi connectivity index (χ4v) is 10.9. The van der Waals surface area contributed by atoms with Crippen molar-refractivity contribution in [1.29, 1.82) is 0 Å². The normalized spacial score (nSPS) is 17.1. The Balaban J connectivity index is 0.742. The predicted molar refractivity (Wildman–Crippen MR) is 271 cm³/mol. The van der Waals surface area contributed by atoms with Crippen molar-refractivity contribution in [2.75, 3.05) is 65.6 Å².